The van der Waals surface area contributed by atoms with E-state index in [0.29, 0.717) is 42.6 Å². The third-order valence-corrected chi connectivity index (χ3v) is 30.2. The maximum absolute atomic E-state index is 14.3. The molecule has 0 amide bonds. The summed E-state index contributed by atoms with van der Waals surface area (Å²) in [5, 5.41) is 0. The number of sulfone groups is 2. The quantitative estimate of drug-likeness (QED) is 0.141. The largest absolute Gasteiger partial charge is 0.264 e. The highest BCUT2D eigenvalue weighted by Gasteiger charge is 2.55. The van der Waals surface area contributed by atoms with Crippen LogP contribution in [0.25, 0.3) is 179 Å². The summed E-state index contributed by atoms with van der Waals surface area (Å²) in [6.07, 6.45) is 8.99. The average Bonchev–Trinajstić information content (AvgIpc) is 1.50. The van der Waals surface area contributed by atoms with Gasteiger partial charge in [0.05, 0.1) is 64.4 Å². The van der Waals surface area contributed by atoms with E-state index in [9.17, 15) is 16.8 Å². The Morgan fingerprint density at radius 3 is 0.953 bits per heavy atom. The second-order valence-electron chi connectivity index (χ2n) is 33.0. The summed E-state index contributed by atoms with van der Waals surface area (Å²) in [7, 11) is -7.48. The number of nitrogens with zero attached hydrogens (tertiary/aromatic N) is 8. The first-order chi connectivity index (χ1) is 63.0. The Kier molecular flexibility index (Phi) is 16.6. The molecule has 2 aliphatic heterocycles. The average molecular weight is 1680 g/mol. The number of hydrogen-bond donors (Lipinski definition) is 0. The number of aromatic nitrogens is 8. The zero-order chi connectivity index (χ0) is 85.1. The number of pyridine rings is 2. The molecule has 12 nitrogen and oxygen atoms in total. The van der Waals surface area contributed by atoms with Gasteiger partial charge in [0.2, 0.25) is 19.7 Å². The molecular formula is C114H68N8O4S2. The van der Waals surface area contributed by atoms with Gasteiger partial charge in [-0.15, -0.1) is 0 Å². The van der Waals surface area contributed by atoms with Crippen molar-refractivity contribution in [1.82, 2.24) is 39.9 Å². The molecule has 0 radical (unpaired) electrons. The molecule has 2 atom stereocenters. The number of rotatable bonds is 8. The molecule has 15 aromatic carbocycles. The van der Waals surface area contributed by atoms with Gasteiger partial charge in [0.1, 0.15) is 0 Å². The van der Waals surface area contributed by atoms with Gasteiger partial charge in [-0.25, -0.2) is 46.7 Å². The Labute approximate surface area is 738 Å². The van der Waals surface area contributed by atoms with Crippen molar-refractivity contribution in [3.63, 3.8) is 0 Å². The van der Waals surface area contributed by atoms with Crippen LogP contribution in [0.15, 0.2) is 433 Å². The second kappa shape index (κ2) is 28.7. The second-order valence-corrected chi connectivity index (χ2v) is 36.8. The van der Waals surface area contributed by atoms with Crippen LogP contribution >= 0.6 is 0 Å². The van der Waals surface area contributed by atoms with Crippen LogP contribution in [-0.2, 0) is 30.5 Å². The molecule has 0 saturated heterocycles. The normalized spacial score (nSPS) is 15.5. The van der Waals surface area contributed by atoms with Crippen LogP contribution in [-0.4, -0.2) is 56.7 Å². The van der Waals surface area contributed by atoms with E-state index in [4.69, 9.17) is 34.9 Å². The third kappa shape index (κ3) is 11.0. The summed E-state index contributed by atoms with van der Waals surface area (Å²) in [4.78, 5) is 40.9. The van der Waals surface area contributed by atoms with E-state index in [1.807, 2.05) is 152 Å². The van der Waals surface area contributed by atoms with Gasteiger partial charge in [0, 0.05) is 92.2 Å². The lowest BCUT2D eigenvalue weighted by molar-refractivity contribution is 0.597. The summed E-state index contributed by atoms with van der Waals surface area (Å²) in [6.45, 7) is 0. The molecule has 2 unspecified atom stereocenters. The van der Waals surface area contributed by atoms with Crippen LogP contribution in [0.5, 0.6) is 0 Å². The molecule has 7 heterocycles. The van der Waals surface area contributed by atoms with Gasteiger partial charge in [-0.2, -0.15) is 0 Å². The Hall–Kier alpha value is -16.3. The Morgan fingerprint density at radius 1 is 0.188 bits per heavy atom. The summed E-state index contributed by atoms with van der Waals surface area (Å²) < 4.78 is 57.1. The predicted molar refractivity (Wildman–Crippen MR) is 504 cm³/mol. The minimum atomic E-state index is -3.74. The molecule has 128 heavy (non-hydrogen) atoms. The first-order valence-electron chi connectivity index (χ1n) is 42.6. The van der Waals surface area contributed by atoms with Crippen molar-refractivity contribution in [2.24, 2.45) is 0 Å². The summed E-state index contributed by atoms with van der Waals surface area (Å²) >= 11 is 0. The van der Waals surface area contributed by atoms with Gasteiger partial charge in [0.15, 0.2) is 17.5 Å². The molecule has 600 valence electrons. The van der Waals surface area contributed by atoms with E-state index >= 15 is 0 Å². The van der Waals surface area contributed by atoms with Crippen LogP contribution in [0.4, 0.5) is 0 Å². The fraction of sp³-hybridized carbons (Fsp3) is 0.0175. The van der Waals surface area contributed by atoms with Crippen LogP contribution in [0.1, 0.15) is 44.5 Å². The van der Waals surface area contributed by atoms with Crippen molar-refractivity contribution in [2.45, 2.75) is 30.4 Å². The highest BCUT2D eigenvalue weighted by molar-refractivity contribution is 7.92. The van der Waals surface area contributed by atoms with Crippen molar-refractivity contribution < 1.29 is 16.8 Å². The van der Waals surface area contributed by atoms with E-state index in [0.717, 1.165) is 201 Å². The van der Waals surface area contributed by atoms with Crippen molar-refractivity contribution in [3.8, 4) is 179 Å². The molecule has 0 bridgehead atoms. The van der Waals surface area contributed by atoms with Gasteiger partial charge in [-0.3, -0.25) is 9.97 Å². The van der Waals surface area contributed by atoms with E-state index in [2.05, 4.69) is 236 Å². The van der Waals surface area contributed by atoms with Gasteiger partial charge < -0.3 is 0 Å². The lowest BCUT2D eigenvalue weighted by atomic mass is 9.65. The molecule has 0 N–H and O–H groups in total. The smallest absolute Gasteiger partial charge is 0.207 e. The van der Waals surface area contributed by atoms with Crippen molar-refractivity contribution in [3.05, 3.63) is 458 Å². The monoisotopic (exact) mass is 1680 g/mol. The maximum atomic E-state index is 14.3. The van der Waals surface area contributed by atoms with E-state index in [1.165, 1.54) is 0 Å². The van der Waals surface area contributed by atoms with Crippen LogP contribution in [0, 0.1) is 0 Å². The molecule has 2 spiro atoms. The fourth-order valence-corrected chi connectivity index (χ4v) is 24.4. The van der Waals surface area contributed by atoms with Crippen LogP contribution < -0.4 is 0 Å². The SMILES string of the molecule is O=S1(=O)c2ccccc2-c2c1ccc1c2-c2ccccc2C12c1ccccc1-c1ccccc1-c1ccc(-c3cc(-c4ccccc4)nc(-c4ccc(-c5cccnc5)nc4)n3)cc12.O=S1(=O)c2ccccc2-c2c1ccc1c2-c2ccccc2C12c1ccccc1-c1ccccc1-c1ccc(-c3cc(-c4ccccc4)nc(-c4cnc(-c5ccccc5)nc4)n3)cc12. The lowest BCUT2D eigenvalue weighted by Gasteiger charge is -2.35. The Morgan fingerprint density at radius 2 is 0.531 bits per heavy atom. The summed E-state index contributed by atoms with van der Waals surface area (Å²) in [5.41, 5.74) is 34.0. The molecule has 14 heteroatoms. The topological polar surface area (TPSA) is 171 Å². The Balaban J connectivity index is 0.000000139. The molecule has 5 aromatic heterocycles. The van der Waals surface area contributed by atoms with E-state index in [-0.39, 0.29) is 0 Å². The van der Waals surface area contributed by atoms with Crippen LogP contribution in [0.2, 0.25) is 0 Å². The summed E-state index contributed by atoms with van der Waals surface area (Å²) in [5.74, 6) is 1.71. The molecule has 0 fully saturated rings. The van der Waals surface area contributed by atoms with Crippen LogP contribution in [0.3, 0.4) is 0 Å². The standard InChI is InChI=1S/2C57H34N4O2S/c62-64(63)51-26-14-11-23-44(51)54-52(64)30-29-47-53(54)43-22-10-13-25-46(43)57(47)45-24-12-9-21-41(45)39-19-7-8-20-40(39)42-28-27-37(31-48(42)57)50-32-49(35-15-3-1-4-16-35)60-56(61-50)38-33-58-55(59-34-38)36-17-5-2-6-18-36;62-64(63)52-23-11-8-20-44(52)55-53(64)29-27-47-54(55)43-19-7-10-22-46(43)57(47)45-21-9-6-18-41(45)39-16-4-5-17-40(39)42-26-24-36(31-48(42)57)51-32-50(35-13-2-1-3-14-35)60-56(61-51)38-25-28-49(59-34-38)37-15-12-30-58-33-37/h2*1-34H. The first-order valence-corrected chi connectivity index (χ1v) is 45.5. The maximum Gasteiger partial charge on any atom is 0.207 e. The molecule has 20 aromatic rings. The van der Waals surface area contributed by atoms with Gasteiger partial charge in [-0.1, -0.05) is 309 Å². The van der Waals surface area contributed by atoms with Gasteiger partial charge >= 0.3 is 0 Å². The molecule has 6 aliphatic rings. The van der Waals surface area contributed by atoms with Gasteiger partial charge in [-0.05, 0) is 184 Å². The first kappa shape index (κ1) is 74.4. The highest BCUT2D eigenvalue weighted by atomic mass is 32.2. The van der Waals surface area contributed by atoms with E-state index < -0.39 is 30.5 Å². The minimum absolute atomic E-state index is 0.348. The minimum Gasteiger partial charge on any atom is -0.264 e. The van der Waals surface area contributed by atoms with E-state index in [1.54, 1.807) is 30.7 Å². The zero-order valence-corrected chi connectivity index (χ0v) is 69.9. The molecule has 26 rings (SSSR count). The van der Waals surface area contributed by atoms with Gasteiger partial charge in [0.25, 0.3) is 0 Å². The number of hydrogen-bond acceptors (Lipinski definition) is 12. The highest BCUT2D eigenvalue weighted by Crippen LogP contribution is 2.68. The van der Waals surface area contributed by atoms with Crippen molar-refractivity contribution in [2.75, 3.05) is 0 Å². The lowest BCUT2D eigenvalue weighted by Crippen LogP contribution is -2.29. The Bertz CT molecular complexity index is 7860. The third-order valence-electron chi connectivity index (χ3n) is 26.4. The van der Waals surface area contributed by atoms with Crippen molar-refractivity contribution >= 4 is 19.7 Å². The molecule has 4 aliphatic carbocycles. The zero-order valence-electron chi connectivity index (χ0n) is 68.3. The molecule has 0 saturated carbocycles. The fourth-order valence-electron chi connectivity index (χ4n) is 21.0. The number of benzene rings is 15. The predicted octanol–water partition coefficient (Wildman–Crippen LogP) is 25.5. The van der Waals surface area contributed by atoms with Crippen molar-refractivity contribution in [1.29, 1.82) is 0 Å². The summed E-state index contributed by atoms with van der Waals surface area (Å²) in [6, 6.07) is 130. The number of fused-ring (bicyclic) bond motifs is 32. The molecular weight excluding hydrogens is 1610 g/mol.